The molecule has 0 saturated heterocycles. The topological polar surface area (TPSA) is 97.3 Å². The summed E-state index contributed by atoms with van der Waals surface area (Å²) in [6, 6.07) is 6.59. The summed E-state index contributed by atoms with van der Waals surface area (Å²) in [4.78, 5) is 27.1. The second-order valence-corrected chi connectivity index (χ2v) is 5.09. The average Bonchev–Trinajstić information content (AvgIpc) is 3.07. The lowest BCUT2D eigenvalue weighted by Crippen LogP contribution is -2.30. The molecule has 0 radical (unpaired) electrons. The van der Waals surface area contributed by atoms with Crippen molar-refractivity contribution in [2.45, 2.75) is 13.0 Å². The Morgan fingerprint density at radius 1 is 1.17 bits per heavy atom. The SMILES string of the molecule is COCC(=O)Nc1ccc(NC(=O)NCCCn2ccnc2)cc1. The van der Waals surface area contributed by atoms with Gasteiger partial charge in [-0.25, -0.2) is 9.78 Å². The van der Waals surface area contributed by atoms with E-state index in [-0.39, 0.29) is 18.5 Å². The minimum Gasteiger partial charge on any atom is -0.375 e. The van der Waals surface area contributed by atoms with E-state index in [2.05, 4.69) is 20.9 Å². The van der Waals surface area contributed by atoms with Crippen LogP contribution >= 0.6 is 0 Å². The molecule has 1 aromatic heterocycles. The number of carbonyl (C=O) groups is 2. The number of nitrogens with one attached hydrogen (secondary N) is 3. The number of benzene rings is 1. The molecule has 0 aliphatic rings. The molecule has 2 aromatic rings. The first kappa shape index (κ1) is 17.5. The third-order valence-corrected chi connectivity index (χ3v) is 3.14. The molecule has 0 fully saturated rings. The molecular weight excluding hydrogens is 310 g/mol. The van der Waals surface area contributed by atoms with Gasteiger partial charge in [0.05, 0.1) is 6.33 Å². The Bertz CT molecular complexity index is 640. The van der Waals surface area contributed by atoms with Crippen LogP contribution in [0.5, 0.6) is 0 Å². The van der Waals surface area contributed by atoms with Gasteiger partial charge in [0.1, 0.15) is 6.61 Å². The number of urea groups is 1. The van der Waals surface area contributed by atoms with Crippen LogP contribution in [0.15, 0.2) is 43.0 Å². The number of hydrogen-bond donors (Lipinski definition) is 3. The van der Waals surface area contributed by atoms with E-state index in [1.54, 1.807) is 36.8 Å². The van der Waals surface area contributed by atoms with Crippen LogP contribution in [0.1, 0.15) is 6.42 Å². The quantitative estimate of drug-likeness (QED) is 0.641. The molecule has 8 heteroatoms. The third-order valence-electron chi connectivity index (χ3n) is 3.14. The monoisotopic (exact) mass is 331 g/mol. The van der Waals surface area contributed by atoms with Crippen LogP contribution in [0.3, 0.4) is 0 Å². The average molecular weight is 331 g/mol. The van der Waals surface area contributed by atoms with Crippen LogP contribution in [-0.4, -0.2) is 41.8 Å². The Morgan fingerprint density at radius 2 is 1.88 bits per heavy atom. The first-order chi connectivity index (χ1) is 11.7. The van der Waals surface area contributed by atoms with E-state index in [0.717, 1.165) is 13.0 Å². The Kier molecular flexibility index (Phi) is 6.78. The number of carbonyl (C=O) groups excluding carboxylic acids is 2. The molecule has 3 amide bonds. The molecule has 24 heavy (non-hydrogen) atoms. The zero-order chi connectivity index (χ0) is 17.2. The first-order valence-corrected chi connectivity index (χ1v) is 7.57. The van der Waals surface area contributed by atoms with E-state index in [0.29, 0.717) is 17.9 Å². The van der Waals surface area contributed by atoms with Gasteiger partial charge in [-0.05, 0) is 30.7 Å². The van der Waals surface area contributed by atoms with E-state index in [1.807, 2.05) is 10.8 Å². The van der Waals surface area contributed by atoms with Gasteiger partial charge in [0.2, 0.25) is 5.91 Å². The first-order valence-electron chi connectivity index (χ1n) is 7.57. The number of hydrogen-bond acceptors (Lipinski definition) is 4. The summed E-state index contributed by atoms with van der Waals surface area (Å²) in [5.74, 6) is -0.228. The number of imidazole rings is 1. The largest absolute Gasteiger partial charge is 0.375 e. The fraction of sp³-hybridized carbons (Fsp3) is 0.312. The summed E-state index contributed by atoms with van der Waals surface area (Å²) in [6.45, 7) is 1.37. The van der Waals surface area contributed by atoms with Gasteiger partial charge in [-0.1, -0.05) is 0 Å². The van der Waals surface area contributed by atoms with Crippen LogP contribution in [0.25, 0.3) is 0 Å². The second-order valence-electron chi connectivity index (χ2n) is 5.09. The van der Waals surface area contributed by atoms with Crippen molar-refractivity contribution in [3.8, 4) is 0 Å². The number of methoxy groups -OCH3 is 1. The highest BCUT2D eigenvalue weighted by Crippen LogP contribution is 2.13. The van der Waals surface area contributed by atoms with Crippen molar-refractivity contribution in [1.29, 1.82) is 0 Å². The lowest BCUT2D eigenvalue weighted by Gasteiger charge is -2.09. The van der Waals surface area contributed by atoms with Gasteiger partial charge in [0, 0.05) is 44.0 Å². The standard InChI is InChI=1S/C16H21N5O3/c1-24-11-15(22)19-13-3-5-14(6-4-13)20-16(23)18-7-2-9-21-10-8-17-12-21/h3-6,8,10,12H,2,7,9,11H2,1H3,(H,19,22)(H2,18,20,23). The Morgan fingerprint density at radius 3 is 2.50 bits per heavy atom. The molecular formula is C16H21N5O3. The summed E-state index contributed by atoms with van der Waals surface area (Å²) < 4.78 is 6.69. The third kappa shape index (κ3) is 6.09. The minimum atomic E-state index is -0.267. The van der Waals surface area contributed by atoms with Crippen molar-refractivity contribution < 1.29 is 14.3 Å². The van der Waals surface area contributed by atoms with Crippen molar-refractivity contribution in [2.24, 2.45) is 0 Å². The number of amides is 3. The fourth-order valence-electron chi connectivity index (χ4n) is 2.02. The summed E-state index contributed by atoms with van der Waals surface area (Å²) in [6.07, 6.45) is 6.16. The summed E-state index contributed by atoms with van der Waals surface area (Å²) in [5.41, 5.74) is 1.29. The zero-order valence-corrected chi connectivity index (χ0v) is 13.5. The van der Waals surface area contributed by atoms with E-state index < -0.39 is 0 Å². The van der Waals surface area contributed by atoms with Crippen molar-refractivity contribution in [1.82, 2.24) is 14.9 Å². The van der Waals surface area contributed by atoms with Gasteiger partial charge in [0.25, 0.3) is 0 Å². The number of aryl methyl sites for hydroxylation is 1. The molecule has 1 heterocycles. The van der Waals surface area contributed by atoms with E-state index in [9.17, 15) is 9.59 Å². The molecule has 0 aliphatic heterocycles. The van der Waals surface area contributed by atoms with Crippen molar-refractivity contribution >= 4 is 23.3 Å². The molecule has 0 atom stereocenters. The minimum absolute atomic E-state index is 0.00147. The lowest BCUT2D eigenvalue weighted by molar-refractivity contribution is -0.119. The molecule has 0 bridgehead atoms. The van der Waals surface area contributed by atoms with E-state index in [4.69, 9.17) is 4.74 Å². The number of anilines is 2. The van der Waals surface area contributed by atoms with E-state index in [1.165, 1.54) is 7.11 Å². The summed E-state index contributed by atoms with van der Waals surface area (Å²) in [7, 11) is 1.46. The van der Waals surface area contributed by atoms with Gasteiger partial charge in [0.15, 0.2) is 0 Å². The van der Waals surface area contributed by atoms with Crippen LogP contribution in [-0.2, 0) is 16.1 Å². The van der Waals surface area contributed by atoms with Crippen molar-refractivity contribution in [2.75, 3.05) is 30.9 Å². The molecule has 0 unspecified atom stereocenters. The number of ether oxygens (including phenoxy) is 1. The molecule has 0 aliphatic carbocycles. The van der Waals surface area contributed by atoms with E-state index >= 15 is 0 Å². The second kappa shape index (κ2) is 9.31. The van der Waals surface area contributed by atoms with Crippen molar-refractivity contribution in [3.05, 3.63) is 43.0 Å². The molecule has 128 valence electrons. The predicted molar refractivity (Wildman–Crippen MR) is 90.8 cm³/mol. The summed E-state index contributed by atoms with van der Waals surface area (Å²) >= 11 is 0. The Hall–Kier alpha value is -2.87. The maximum Gasteiger partial charge on any atom is 0.319 e. The molecule has 0 spiro atoms. The molecule has 2 rings (SSSR count). The van der Waals surface area contributed by atoms with Gasteiger partial charge < -0.3 is 25.3 Å². The number of aromatic nitrogens is 2. The van der Waals surface area contributed by atoms with Crippen LogP contribution in [0, 0.1) is 0 Å². The Labute approximate surface area is 140 Å². The van der Waals surface area contributed by atoms with Gasteiger partial charge in [-0.2, -0.15) is 0 Å². The van der Waals surface area contributed by atoms with Gasteiger partial charge >= 0.3 is 6.03 Å². The van der Waals surface area contributed by atoms with Crippen LogP contribution in [0.4, 0.5) is 16.2 Å². The Balaban J connectivity index is 1.68. The van der Waals surface area contributed by atoms with Crippen molar-refractivity contribution in [3.63, 3.8) is 0 Å². The fourth-order valence-corrected chi connectivity index (χ4v) is 2.02. The highest BCUT2D eigenvalue weighted by Gasteiger charge is 2.03. The van der Waals surface area contributed by atoms with Gasteiger partial charge in [-0.15, -0.1) is 0 Å². The van der Waals surface area contributed by atoms with Gasteiger partial charge in [-0.3, -0.25) is 4.79 Å². The smallest absolute Gasteiger partial charge is 0.319 e. The van der Waals surface area contributed by atoms with Crippen LogP contribution in [0.2, 0.25) is 0 Å². The highest BCUT2D eigenvalue weighted by atomic mass is 16.5. The predicted octanol–water partition coefficient (Wildman–Crippen LogP) is 1.68. The molecule has 3 N–H and O–H groups in total. The normalized spacial score (nSPS) is 10.2. The molecule has 1 aromatic carbocycles. The van der Waals surface area contributed by atoms with Crippen LogP contribution < -0.4 is 16.0 Å². The maximum absolute atomic E-state index is 11.8. The zero-order valence-electron chi connectivity index (χ0n) is 13.5. The summed E-state index contributed by atoms with van der Waals surface area (Å²) in [5, 5.41) is 8.20. The maximum atomic E-state index is 11.8. The molecule has 0 saturated carbocycles. The molecule has 8 nitrogen and oxygen atoms in total. The number of rotatable bonds is 8. The lowest BCUT2D eigenvalue weighted by atomic mass is 10.3. The number of nitrogens with zero attached hydrogens (tertiary/aromatic N) is 2. The highest BCUT2D eigenvalue weighted by molar-refractivity contribution is 5.93.